The van der Waals surface area contributed by atoms with E-state index in [-0.39, 0.29) is 5.84 Å². The van der Waals surface area contributed by atoms with Crippen molar-refractivity contribution in [2.24, 2.45) is 5.73 Å². The average molecular weight is 283 g/mol. The van der Waals surface area contributed by atoms with Gasteiger partial charge in [-0.1, -0.05) is 24.3 Å². The second-order valence-electron chi connectivity index (χ2n) is 5.09. The summed E-state index contributed by atoms with van der Waals surface area (Å²) in [6.07, 6.45) is 0. The molecular formula is C17H21N3O. The first-order valence-electron chi connectivity index (χ1n) is 6.81. The number of hydrogen-bond donors (Lipinski definition) is 2. The smallest absolute Gasteiger partial charge is 0.124 e. The summed E-state index contributed by atoms with van der Waals surface area (Å²) in [7, 11) is 3.67. The lowest BCUT2D eigenvalue weighted by atomic mass is 10.1. The Morgan fingerprint density at radius 2 is 1.86 bits per heavy atom. The lowest BCUT2D eigenvalue weighted by Gasteiger charge is -2.24. The second-order valence-corrected chi connectivity index (χ2v) is 5.09. The zero-order valence-corrected chi connectivity index (χ0v) is 12.7. The molecule has 2 aromatic rings. The van der Waals surface area contributed by atoms with E-state index >= 15 is 0 Å². The summed E-state index contributed by atoms with van der Waals surface area (Å²) in [5.74, 6) is 0.942. The Labute approximate surface area is 125 Å². The quantitative estimate of drug-likeness (QED) is 0.655. The van der Waals surface area contributed by atoms with Gasteiger partial charge in [-0.25, -0.2) is 0 Å². The fraction of sp³-hybridized carbons (Fsp3) is 0.235. The normalized spacial score (nSPS) is 10.2. The van der Waals surface area contributed by atoms with E-state index in [1.54, 1.807) is 7.11 Å². The number of nitrogens with two attached hydrogens (primary N) is 1. The minimum atomic E-state index is 0.0929. The van der Waals surface area contributed by atoms with Gasteiger partial charge in [0, 0.05) is 19.2 Å². The molecule has 21 heavy (non-hydrogen) atoms. The number of nitrogens with zero attached hydrogens (tertiary/aromatic N) is 1. The van der Waals surface area contributed by atoms with E-state index in [0.717, 1.165) is 29.1 Å². The Hall–Kier alpha value is -2.49. The van der Waals surface area contributed by atoms with Crippen molar-refractivity contribution in [3.05, 3.63) is 59.2 Å². The number of anilines is 1. The number of methoxy groups -OCH3 is 1. The van der Waals surface area contributed by atoms with Gasteiger partial charge in [0.15, 0.2) is 0 Å². The van der Waals surface area contributed by atoms with Crippen molar-refractivity contribution >= 4 is 11.5 Å². The van der Waals surface area contributed by atoms with Crippen molar-refractivity contribution in [2.45, 2.75) is 13.5 Å². The molecule has 0 aliphatic rings. The van der Waals surface area contributed by atoms with Crippen LogP contribution in [-0.4, -0.2) is 20.0 Å². The summed E-state index contributed by atoms with van der Waals surface area (Å²) in [6.45, 7) is 2.78. The number of rotatable bonds is 5. The summed E-state index contributed by atoms with van der Waals surface area (Å²) in [5.41, 5.74) is 9.75. The number of ether oxygens (including phenoxy) is 1. The van der Waals surface area contributed by atoms with Crippen LogP contribution in [0.4, 0.5) is 5.69 Å². The average Bonchev–Trinajstić information content (AvgIpc) is 2.47. The van der Waals surface area contributed by atoms with Gasteiger partial charge in [0.1, 0.15) is 11.6 Å². The molecular weight excluding hydrogens is 262 g/mol. The molecule has 0 fully saturated rings. The van der Waals surface area contributed by atoms with E-state index in [2.05, 4.69) is 4.90 Å². The molecule has 2 aromatic carbocycles. The van der Waals surface area contributed by atoms with Crippen LogP contribution < -0.4 is 15.4 Å². The second kappa shape index (κ2) is 6.31. The highest BCUT2D eigenvalue weighted by Crippen LogP contribution is 2.25. The molecule has 3 N–H and O–H groups in total. The van der Waals surface area contributed by atoms with Crippen LogP contribution in [0, 0.1) is 12.3 Å². The minimum absolute atomic E-state index is 0.0929. The topological polar surface area (TPSA) is 62.3 Å². The van der Waals surface area contributed by atoms with Gasteiger partial charge in [0.25, 0.3) is 0 Å². The largest absolute Gasteiger partial charge is 0.497 e. The lowest BCUT2D eigenvalue weighted by Crippen LogP contribution is -2.23. The lowest BCUT2D eigenvalue weighted by molar-refractivity contribution is 0.414. The maximum Gasteiger partial charge on any atom is 0.124 e. The minimum Gasteiger partial charge on any atom is -0.497 e. The fourth-order valence-electron chi connectivity index (χ4n) is 2.47. The first kappa shape index (κ1) is 14.9. The van der Waals surface area contributed by atoms with Crippen LogP contribution in [0.2, 0.25) is 0 Å². The standard InChI is InChI=1S/C17H21N3O/c1-12-5-4-6-15(17(18)19)16(12)20(2)11-13-7-9-14(21-3)10-8-13/h4-10H,11H2,1-3H3,(H3,18,19). The van der Waals surface area contributed by atoms with E-state index in [1.165, 1.54) is 5.56 Å². The number of benzene rings is 2. The third-order valence-electron chi connectivity index (χ3n) is 3.49. The molecule has 4 nitrogen and oxygen atoms in total. The van der Waals surface area contributed by atoms with E-state index in [0.29, 0.717) is 0 Å². The highest BCUT2D eigenvalue weighted by molar-refractivity contribution is 6.01. The van der Waals surface area contributed by atoms with Crippen molar-refractivity contribution in [1.82, 2.24) is 0 Å². The zero-order valence-electron chi connectivity index (χ0n) is 12.7. The summed E-state index contributed by atoms with van der Waals surface area (Å²) in [6, 6.07) is 13.8. The molecule has 0 radical (unpaired) electrons. The number of aryl methyl sites for hydroxylation is 1. The monoisotopic (exact) mass is 283 g/mol. The summed E-state index contributed by atoms with van der Waals surface area (Å²) in [5, 5.41) is 7.73. The molecule has 0 unspecified atom stereocenters. The van der Waals surface area contributed by atoms with Crippen molar-refractivity contribution in [2.75, 3.05) is 19.1 Å². The number of nitrogen functional groups attached to an aromatic ring is 1. The van der Waals surface area contributed by atoms with Crippen molar-refractivity contribution in [3.8, 4) is 5.75 Å². The van der Waals surface area contributed by atoms with E-state index in [9.17, 15) is 0 Å². The first-order valence-corrected chi connectivity index (χ1v) is 6.81. The van der Waals surface area contributed by atoms with Crippen molar-refractivity contribution < 1.29 is 4.74 Å². The Kier molecular flexibility index (Phi) is 4.48. The molecule has 2 rings (SSSR count). The Bertz CT molecular complexity index is 635. The maximum absolute atomic E-state index is 7.73. The molecule has 0 saturated carbocycles. The van der Waals surface area contributed by atoms with Crippen molar-refractivity contribution in [3.63, 3.8) is 0 Å². The highest BCUT2D eigenvalue weighted by atomic mass is 16.5. The fourth-order valence-corrected chi connectivity index (χ4v) is 2.47. The van der Waals surface area contributed by atoms with Gasteiger partial charge >= 0.3 is 0 Å². The molecule has 0 spiro atoms. The van der Waals surface area contributed by atoms with Crippen LogP contribution in [0.15, 0.2) is 42.5 Å². The zero-order chi connectivity index (χ0) is 15.4. The van der Waals surface area contributed by atoms with Gasteiger partial charge in [0.2, 0.25) is 0 Å². The molecule has 0 atom stereocenters. The molecule has 0 amide bonds. The van der Waals surface area contributed by atoms with Gasteiger partial charge in [-0.3, -0.25) is 5.41 Å². The van der Waals surface area contributed by atoms with Gasteiger partial charge in [-0.2, -0.15) is 0 Å². The van der Waals surface area contributed by atoms with Gasteiger partial charge in [-0.05, 0) is 36.2 Å². The third-order valence-corrected chi connectivity index (χ3v) is 3.49. The predicted octanol–water partition coefficient (Wildman–Crippen LogP) is 2.92. The summed E-state index contributed by atoms with van der Waals surface area (Å²) >= 11 is 0. The Morgan fingerprint density at radius 3 is 2.43 bits per heavy atom. The number of hydrogen-bond acceptors (Lipinski definition) is 3. The predicted molar refractivity (Wildman–Crippen MR) is 87.3 cm³/mol. The molecule has 110 valence electrons. The molecule has 0 bridgehead atoms. The third kappa shape index (κ3) is 3.34. The summed E-state index contributed by atoms with van der Waals surface area (Å²) in [4.78, 5) is 2.12. The maximum atomic E-state index is 7.73. The van der Waals surface area contributed by atoms with E-state index in [4.69, 9.17) is 15.9 Å². The van der Waals surface area contributed by atoms with Crippen molar-refractivity contribution in [1.29, 1.82) is 5.41 Å². The van der Waals surface area contributed by atoms with Crippen LogP contribution in [0.1, 0.15) is 16.7 Å². The summed E-state index contributed by atoms with van der Waals surface area (Å²) < 4.78 is 5.17. The molecule has 0 aliphatic heterocycles. The number of nitrogens with one attached hydrogen (secondary N) is 1. The highest BCUT2D eigenvalue weighted by Gasteiger charge is 2.12. The Balaban J connectivity index is 2.27. The molecule has 0 heterocycles. The van der Waals surface area contributed by atoms with Gasteiger partial charge in [0.05, 0.1) is 12.8 Å². The molecule has 4 heteroatoms. The molecule has 0 aromatic heterocycles. The van der Waals surface area contributed by atoms with Crippen LogP contribution in [0.5, 0.6) is 5.75 Å². The Morgan fingerprint density at radius 1 is 1.19 bits per heavy atom. The van der Waals surface area contributed by atoms with Crippen LogP contribution in [-0.2, 0) is 6.54 Å². The van der Waals surface area contributed by atoms with Crippen LogP contribution in [0.25, 0.3) is 0 Å². The van der Waals surface area contributed by atoms with Gasteiger partial charge < -0.3 is 15.4 Å². The molecule has 0 saturated heterocycles. The molecule has 0 aliphatic carbocycles. The number of para-hydroxylation sites is 1. The van der Waals surface area contributed by atoms with Crippen LogP contribution in [0.3, 0.4) is 0 Å². The van der Waals surface area contributed by atoms with Crippen LogP contribution >= 0.6 is 0 Å². The number of amidine groups is 1. The van der Waals surface area contributed by atoms with E-state index < -0.39 is 0 Å². The first-order chi connectivity index (χ1) is 10.0. The van der Waals surface area contributed by atoms with E-state index in [1.807, 2.05) is 56.4 Å². The van der Waals surface area contributed by atoms with Gasteiger partial charge in [-0.15, -0.1) is 0 Å². The SMILES string of the molecule is COc1ccc(CN(C)c2c(C)cccc2C(=N)N)cc1.